The molecule has 2 aromatic rings. The van der Waals surface area contributed by atoms with E-state index in [1.807, 2.05) is 30.3 Å². The summed E-state index contributed by atoms with van der Waals surface area (Å²) in [5.41, 5.74) is 0.431. The van der Waals surface area contributed by atoms with Gasteiger partial charge in [-0.05, 0) is 25.8 Å². The monoisotopic (exact) mass is 301 g/mol. The predicted molar refractivity (Wildman–Crippen MR) is 82.6 cm³/mol. The first-order valence-corrected chi connectivity index (χ1v) is 7.02. The summed E-state index contributed by atoms with van der Waals surface area (Å²) in [5, 5.41) is 15.9. The third-order valence-corrected chi connectivity index (χ3v) is 3.45. The van der Waals surface area contributed by atoms with Gasteiger partial charge in [0.2, 0.25) is 5.91 Å². The van der Waals surface area contributed by atoms with Crippen LogP contribution >= 0.6 is 0 Å². The van der Waals surface area contributed by atoms with Gasteiger partial charge in [-0.1, -0.05) is 30.3 Å². The highest BCUT2D eigenvalue weighted by Crippen LogP contribution is 2.17. The average molecular weight is 301 g/mol. The number of carbonyl (C=O) groups excluding carboxylic acids is 1. The number of aromatic nitrogens is 2. The van der Waals surface area contributed by atoms with Crippen molar-refractivity contribution in [2.24, 2.45) is 0 Å². The minimum absolute atomic E-state index is 0.128. The lowest BCUT2D eigenvalue weighted by molar-refractivity contribution is -0.146. The molecule has 6 heteroatoms. The Morgan fingerprint density at radius 1 is 1.27 bits per heavy atom. The van der Waals surface area contributed by atoms with Gasteiger partial charge in [-0.2, -0.15) is 5.10 Å². The highest BCUT2D eigenvalue weighted by atomic mass is 16.4. The van der Waals surface area contributed by atoms with E-state index in [0.29, 0.717) is 18.5 Å². The molecule has 2 N–H and O–H groups in total. The van der Waals surface area contributed by atoms with Gasteiger partial charge in [0, 0.05) is 12.6 Å². The number of carboxylic acid groups (broad SMARTS) is 1. The van der Waals surface area contributed by atoms with E-state index in [-0.39, 0.29) is 5.91 Å². The fraction of sp³-hybridized carbons (Fsp3) is 0.312. The Labute approximate surface area is 128 Å². The molecule has 2 rings (SSSR count). The molecule has 0 aliphatic rings. The van der Waals surface area contributed by atoms with Gasteiger partial charge in [-0.25, -0.2) is 4.79 Å². The maximum Gasteiger partial charge on any atom is 0.331 e. The minimum Gasteiger partial charge on any atom is -0.479 e. The quantitative estimate of drug-likeness (QED) is 0.857. The number of anilines is 1. The summed E-state index contributed by atoms with van der Waals surface area (Å²) in [6, 6.07) is 9.75. The first-order valence-electron chi connectivity index (χ1n) is 7.02. The van der Waals surface area contributed by atoms with E-state index in [1.54, 1.807) is 13.8 Å². The van der Waals surface area contributed by atoms with Crippen LogP contribution in [0.25, 0.3) is 0 Å². The molecule has 116 valence electrons. The van der Waals surface area contributed by atoms with Crippen molar-refractivity contribution in [3.05, 3.63) is 48.3 Å². The zero-order chi connectivity index (χ0) is 16.2. The van der Waals surface area contributed by atoms with Crippen molar-refractivity contribution in [3.63, 3.8) is 0 Å². The summed E-state index contributed by atoms with van der Waals surface area (Å²) < 4.78 is 1.32. The van der Waals surface area contributed by atoms with Crippen LogP contribution in [0, 0.1) is 0 Å². The molecule has 0 unspecified atom stereocenters. The van der Waals surface area contributed by atoms with Gasteiger partial charge >= 0.3 is 5.97 Å². The van der Waals surface area contributed by atoms with Crippen LogP contribution in [0.1, 0.15) is 25.8 Å². The number of rotatable bonds is 6. The Morgan fingerprint density at radius 2 is 1.95 bits per heavy atom. The van der Waals surface area contributed by atoms with E-state index in [2.05, 4.69) is 10.4 Å². The second-order valence-corrected chi connectivity index (χ2v) is 5.57. The molecular formula is C16H19N3O3. The van der Waals surface area contributed by atoms with Gasteiger partial charge in [0.15, 0.2) is 5.54 Å². The number of amides is 1. The number of hydrogen-bond acceptors (Lipinski definition) is 3. The molecule has 0 saturated carbocycles. The molecule has 1 amide bonds. The summed E-state index contributed by atoms with van der Waals surface area (Å²) in [5.74, 6) is -1.12. The number of aliphatic carboxylic acids is 1. The molecule has 1 heterocycles. The fourth-order valence-corrected chi connectivity index (χ4v) is 1.92. The van der Waals surface area contributed by atoms with E-state index in [4.69, 9.17) is 5.11 Å². The molecule has 22 heavy (non-hydrogen) atoms. The topological polar surface area (TPSA) is 84.2 Å². The van der Waals surface area contributed by atoms with Crippen molar-refractivity contribution in [2.45, 2.75) is 32.2 Å². The van der Waals surface area contributed by atoms with Crippen LogP contribution in [-0.2, 0) is 21.5 Å². The summed E-state index contributed by atoms with van der Waals surface area (Å²) in [6.45, 7) is 3.09. The molecule has 6 nitrogen and oxygen atoms in total. The Bertz CT molecular complexity index is 662. The predicted octanol–water partition coefficient (Wildman–Crippen LogP) is 2.27. The summed E-state index contributed by atoms with van der Waals surface area (Å²) >= 11 is 0. The Morgan fingerprint density at radius 3 is 2.59 bits per heavy atom. The maximum absolute atomic E-state index is 11.9. The van der Waals surface area contributed by atoms with E-state index < -0.39 is 11.5 Å². The lowest BCUT2D eigenvalue weighted by Crippen LogP contribution is -2.35. The van der Waals surface area contributed by atoms with Gasteiger partial charge in [0.1, 0.15) is 0 Å². The van der Waals surface area contributed by atoms with Crippen LogP contribution < -0.4 is 5.32 Å². The number of hydrogen-bond donors (Lipinski definition) is 2. The second kappa shape index (κ2) is 6.43. The summed E-state index contributed by atoms with van der Waals surface area (Å²) in [4.78, 5) is 23.1. The Hall–Kier alpha value is -2.63. The summed E-state index contributed by atoms with van der Waals surface area (Å²) in [7, 11) is 0. The first kappa shape index (κ1) is 15.8. The number of aryl methyl sites for hydroxylation is 1. The van der Waals surface area contributed by atoms with Gasteiger partial charge in [0.05, 0.1) is 11.9 Å². The maximum atomic E-state index is 11.9. The Balaban J connectivity index is 1.93. The van der Waals surface area contributed by atoms with Crippen LogP contribution in [0.4, 0.5) is 5.69 Å². The first-order chi connectivity index (χ1) is 10.4. The van der Waals surface area contributed by atoms with Crippen molar-refractivity contribution < 1.29 is 14.7 Å². The van der Waals surface area contributed by atoms with E-state index in [9.17, 15) is 9.59 Å². The van der Waals surface area contributed by atoms with Crippen LogP contribution in [0.3, 0.4) is 0 Å². The highest BCUT2D eigenvalue weighted by Gasteiger charge is 2.30. The Kier molecular flexibility index (Phi) is 4.60. The zero-order valence-electron chi connectivity index (χ0n) is 12.6. The standard InChI is InChI=1S/C16H19N3O3/c1-16(2,15(21)22)19-11-13(10-17-19)18-14(20)9-8-12-6-4-3-5-7-12/h3-7,10-11H,8-9H2,1-2H3,(H,18,20)(H,21,22). The molecule has 0 radical (unpaired) electrons. The van der Waals surface area contributed by atoms with Gasteiger partial charge in [-0.15, -0.1) is 0 Å². The minimum atomic E-state index is -1.16. The SMILES string of the molecule is CC(C)(C(=O)O)n1cc(NC(=O)CCc2ccccc2)cn1. The molecule has 0 atom stereocenters. The number of carboxylic acids is 1. The van der Waals surface area contributed by atoms with Gasteiger partial charge in [0.25, 0.3) is 0 Å². The lowest BCUT2D eigenvalue weighted by atomic mass is 10.1. The largest absolute Gasteiger partial charge is 0.479 e. The van der Waals surface area contributed by atoms with E-state index in [1.165, 1.54) is 17.1 Å². The van der Waals surface area contributed by atoms with Crippen molar-refractivity contribution in [2.75, 3.05) is 5.32 Å². The number of carbonyl (C=O) groups is 2. The lowest BCUT2D eigenvalue weighted by Gasteiger charge is -2.19. The van der Waals surface area contributed by atoms with Crippen LogP contribution in [0.2, 0.25) is 0 Å². The van der Waals surface area contributed by atoms with Crippen LogP contribution in [0.5, 0.6) is 0 Å². The smallest absolute Gasteiger partial charge is 0.331 e. The molecule has 1 aromatic heterocycles. The van der Waals surface area contributed by atoms with E-state index in [0.717, 1.165) is 5.56 Å². The molecule has 0 fully saturated rings. The molecule has 1 aromatic carbocycles. The van der Waals surface area contributed by atoms with E-state index >= 15 is 0 Å². The average Bonchev–Trinajstić information content (AvgIpc) is 2.95. The molecule has 0 saturated heterocycles. The number of nitrogens with one attached hydrogen (secondary N) is 1. The number of nitrogens with zero attached hydrogens (tertiary/aromatic N) is 2. The molecular weight excluding hydrogens is 282 g/mol. The normalized spacial score (nSPS) is 11.2. The fourth-order valence-electron chi connectivity index (χ4n) is 1.92. The third-order valence-electron chi connectivity index (χ3n) is 3.45. The number of benzene rings is 1. The molecule has 0 spiro atoms. The van der Waals surface area contributed by atoms with Gasteiger partial charge in [-0.3, -0.25) is 9.48 Å². The van der Waals surface area contributed by atoms with Crippen LogP contribution in [0.15, 0.2) is 42.7 Å². The molecule has 0 aliphatic heterocycles. The van der Waals surface area contributed by atoms with Crippen molar-refractivity contribution in [1.29, 1.82) is 0 Å². The third kappa shape index (κ3) is 3.72. The second-order valence-electron chi connectivity index (χ2n) is 5.57. The summed E-state index contributed by atoms with van der Waals surface area (Å²) in [6.07, 6.45) is 3.98. The van der Waals surface area contributed by atoms with Crippen molar-refractivity contribution in [3.8, 4) is 0 Å². The van der Waals surface area contributed by atoms with Gasteiger partial charge < -0.3 is 10.4 Å². The van der Waals surface area contributed by atoms with Crippen LogP contribution in [-0.4, -0.2) is 26.8 Å². The highest BCUT2D eigenvalue weighted by molar-refractivity contribution is 5.90. The zero-order valence-corrected chi connectivity index (χ0v) is 12.6. The van der Waals surface area contributed by atoms with Crippen molar-refractivity contribution >= 4 is 17.6 Å². The molecule has 0 aliphatic carbocycles. The molecule has 0 bridgehead atoms. The van der Waals surface area contributed by atoms with Crippen molar-refractivity contribution in [1.82, 2.24) is 9.78 Å².